The van der Waals surface area contributed by atoms with Gasteiger partial charge in [0.1, 0.15) is 22.1 Å². The van der Waals surface area contributed by atoms with Gasteiger partial charge in [-0.1, -0.05) is 0 Å². The van der Waals surface area contributed by atoms with Gasteiger partial charge >= 0.3 is 0 Å². The van der Waals surface area contributed by atoms with Gasteiger partial charge in [0.15, 0.2) is 0 Å². The molecule has 0 atom stereocenters. The number of phenolic OH excluding ortho intramolecular Hbond substituents is 1. The number of carbonyl (C=O) groups excluding carboxylic acids is 1. The zero-order valence-electron chi connectivity index (χ0n) is 10.1. The van der Waals surface area contributed by atoms with E-state index in [4.69, 9.17) is 5.73 Å². The lowest BCUT2D eigenvalue weighted by Crippen LogP contribution is -2.13. The molecule has 2 aromatic rings. The molecular weight excluding hydrogens is 284 g/mol. The van der Waals surface area contributed by atoms with Crippen LogP contribution in [0.2, 0.25) is 0 Å². The maximum Gasteiger partial charge on any atom is 0.296 e. The second kappa shape index (κ2) is 5.63. The molecule has 0 aliphatic carbocycles. The van der Waals surface area contributed by atoms with E-state index in [0.717, 1.165) is 6.07 Å². The third-order valence-electron chi connectivity index (χ3n) is 2.39. The average Bonchev–Trinajstić information content (AvgIpc) is 2.89. The molecule has 0 spiro atoms. The van der Waals surface area contributed by atoms with Crippen molar-refractivity contribution in [3.05, 3.63) is 44.4 Å². The Kier molecular flexibility index (Phi) is 3.91. The predicted octanol–water partition coefficient (Wildman–Crippen LogP) is 1.47. The molecule has 20 heavy (non-hydrogen) atoms. The Morgan fingerprint density at radius 3 is 2.90 bits per heavy atom. The molecular formula is C11H10N4O4S. The predicted molar refractivity (Wildman–Crippen MR) is 72.7 cm³/mol. The van der Waals surface area contributed by atoms with Crippen molar-refractivity contribution in [1.29, 1.82) is 0 Å². The number of anilines is 1. The summed E-state index contributed by atoms with van der Waals surface area (Å²) in [6.07, 6.45) is 0. The number of amides is 1. The Bertz CT molecular complexity index is 670. The molecule has 104 valence electrons. The van der Waals surface area contributed by atoms with Crippen molar-refractivity contribution in [3.63, 3.8) is 0 Å². The average molecular weight is 294 g/mol. The van der Waals surface area contributed by atoms with E-state index in [2.05, 4.69) is 10.3 Å². The summed E-state index contributed by atoms with van der Waals surface area (Å²) in [5, 5.41) is 24.6. The fourth-order valence-electron chi connectivity index (χ4n) is 1.47. The molecule has 1 heterocycles. The number of rotatable bonds is 4. The number of aromatic hydroxyl groups is 1. The van der Waals surface area contributed by atoms with Gasteiger partial charge in [-0.15, -0.1) is 11.3 Å². The molecule has 0 unspecified atom stereocenters. The van der Waals surface area contributed by atoms with E-state index in [1.165, 1.54) is 28.8 Å². The molecule has 0 saturated carbocycles. The van der Waals surface area contributed by atoms with Crippen molar-refractivity contribution in [3.8, 4) is 5.75 Å². The number of hydrogen-bond acceptors (Lipinski definition) is 7. The van der Waals surface area contributed by atoms with Crippen LogP contribution >= 0.6 is 11.3 Å². The van der Waals surface area contributed by atoms with E-state index < -0.39 is 16.5 Å². The molecule has 1 aromatic carbocycles. The number of thiazole rings is 1. The van der Waals surface area contributed by atoms with E-state index in [9.17, 15) is 20.0 Å². The third kappa shape index (κ3) is 2.90. The fraction of sp³-hybridized carbons (Fsp3) is 0.0909. The second-order valence-electron chi connectivity index (χ2n) is 3.74. The van der Waals surface area contributed by atoms with Gasteiger partial charge in [-0.2, -0.15) is 0 Å². The quantitative estimate of drug-likeness (QED) is 0.444. The van der Waals surface area contributed by atoms with Crippen LogP contribution in [0, 0.1) is 10.1 Å². The number of nitrogens with one attached hydrogen (secondary N) is 1. The van der Waals surface area contributed by atoms with E-state index in [0.29, 0.717) is 5.01 Å². The summed E-state index contributed by atoms with van der Waals surface area (Å²) in [4.78, 5) is 26.1. The standard InChI is InChI=1S/C11H10N4O4S/c12-4-10-13-8(5-20-10)11(17)14-7-2-1-6(16)3-9(7)15(18)19/h1-3,5,16H,4,12H2,(H,14,17). The SMILES string of the molecule is NCc1nc(C(=O)Nc2ccc(O)cc2[N+](=O)[O-])cs1. The number of benzene rings is 1. The minimum absolute atomic E-state index is 0.0138. The molecule has 9 heteroatoms. The molecule has 0 bridgehead atoms. The van der Waals surface area contributed by atoms with E-state index in [1.807, 2.05) is 0 Å². The van der Waals surface area contributed by atoms with Crippen molar-refractivity contribution in [2.24, 2.45) is 5.73 Å². The Balaban J connectivity index is 2.25. The van der Waals surface area contributed by atoms with Crippen LogP contribution in [0.15, 0.2) is 23.6 Å². The Labute approximate surface area is 117 Å². The van der Waals surface area contributed by atoms with Crippen molar-refractivity contribution < 1.29 is 14.8 Å². The number of phenols is 1. The molecule has 0 saturated heterocycles. The van der Waals surface area contributed by atoms with Gasteiger partial charge in [-0.3, -0.25) is 14.9 Å². The van der Waals surface area contributed by atoms with Crippen LogP contribution in [-0.2, 0) is 6.54 Å². The molecule has 8 nitrogen and oxygen atoms in total. The van der Waals surface area contributed by atoms with Gasteiger partial charge in [0.25, 0.3) is 11.6 Å². The van der Waals surface area contributed by atoms with Crippen molar-refractivity contribution >= 4 is 28.6 Å². The zero-order valence-corrected chi connectivity index (χ0v) is 10.9. The highest BCUT2D eigenvalue weighted by atomic mass is 32.1. The Morgan fingerprint density at radius 1 is 1.55 bits per heavy atom. The van der Waals surface area contributed by atoms with Crippen molar-refractivity contribution in [1.82, 2.24) is 4.98 Å². The normalized spacial score (nSPS) is 10.2. The lowest BCUT2D eigenvalue weighted by molar-refractivity contribution is -0.384. The highest BCUT2D eigenvalue weighted by Gasteiger charge is 2.18. The summed E-state index contributed by atoms with van der Waals surface area (Å²) in [6.45, 7) is 0.220. The largest absolute Gasteiger partial charge is 0.508 e. The first kappa shape index (κ1) is 13.9. The van der Waals surface area contributed by atoms with Gasteiger partial charge in [0, 0.05) is 11.9 Å². The first-order valence-corrected chi connectivity index (χ1v) is 6.32. The van der Waals surface area contributed by atoms with Crippen LogP contribution in [0.3, 0.4) is 0 Å². The highest BCUT2D eigenvalue weighted by Crippen LogP contribution is 2.28. The van der Waals surface area contributed by atoms with Gasteiger partial charge in [0.05, 0.1) is 11.0 Å². The van der Waals surface area contributed by atoms with E-state index in [1.54, 1.807) is 0 Å². The maximum atomic E-state index is 11.9. The van der Waals surface area contributed by atoms with Gasteiger partial charge in [-0.05, 0) is 12.1 Å². The van der Waals surface area contributed by atoms with E-state index >= 15 is 0 Å². The summed E-state index contributed by atoms with van der Waals surface area (Å²) >= 11 is 1.23. The van der Waals surface area contributed by atoms with Crippen LogP contribution < -0.4 is 11.1 Å². The van der Waals surface area contributed by atoms with Crippen molar-refractivity contribution in [2.75, 3.05) is 5.32 Å². The second-order valence-corrected chi connectivity index (χ2v) is 4.69. The van der Waals surface area contributed by atoms with Crippen LogP contribution in [0.25, 0.3) is 0 Å². The molecule has 2 rings (SSSR count). The number of aromatic nitrogens is 1. The Morgan fingerprint density at radius 2 is 2.30 bits per heavy atom. The number of nitro groups is 1. The fourth-order valence-corrected chi connectivity index (χ4v) is 2.13. The first-order chi connectivity index (χ1) is 9.51. The topological polar surface area (TPSA) is 131 Å². The summed E-state index contributed by atoms with van der Waals surface area (Å²) in [5.74, 6) is -0.830. The third-order valence-corrected chi connectivity index (χ3v) is 3.26. The molecule has 0 fully saturated rings. The van der Waals surface area contributed by atoms with Crippen molar-refractivity contribution in [2.45, 2.75) is 6.54 Å². The first-order valence-electron chi connectivity index (χ1n) is 5.44. The number of nitrogens with zero attached hydrogens (tertiary/aromatic N) is 2. The summed E-state index contributed by atoms with van der Waals surface area (Å²) < 4.78 is 0. The monoisotopic (exact) mass is 294 g/mol. The van der Waals surface area contributed by atoms with Gasteiger partial charge < -0.3 is 16.2 Å². The lowest BCUT2D eigenvalue weighted by atomic mass is 10.2. The van der Waals surface area contributed by atoms with Gasteiger partial charge in [-0.25, -0.2) is 4.98 Å². The van der Waals surface area contributed by atoms with Crippen LogP contribution in [0.4, 0.5) is 11.4 Å². The highest BCUT2D eigenvalue weighted by molar-refractivity contribution is 7.09. The minimum atomic E-state index is -0.693. The molecule has 4 N–H and O–H groups in total. The summed E-state index contributed by atoms with van der Waals surface area (Å²) in [7, 11) is 0. The van der Waals surface area contributed by atoms with E-state index in [-0.39, 0.29) is 23.7 Å². The molecule has 0 radical (unpaired) electrons. The maximum absolute atomic E-state index is 11.9. The smallest absolute Gasteiger partial charge is 0.296 e. The number of hydrogen-bond donors (Lipinski definition) is 3. The summed E-state index contributed by atoms with van der Waals surface area (Å²) in [6, 6.07) is 3.46. The zero-order chi connectivity index (χ0) is 14.7. The molecule has 0 aliphatic rings. The van der Waals surface area contributed by atoms with Crippen LogP contribution in [0.1, 0.15) is 15.5 Å². The van der Waals surface area contributed by atoms with Gasteiger partial charge in [0.2, 0.25) is 0 Å². The molecule has 0 aliphatic heterocycles. The van der Waals surface area contributed by atoms with Crippen LogP contribution in [-0.4, -0.2) is 20.9 Å². The number of carbonyl (C=O) groups is 1. The number of nitro benzene ring substituents is 1. The summed E-state index contributed by atoms with van der Waals surface area (Å²) in [5.41, 5.74) is 5.12. The van der Waals surface area contributed by atoms with Crippen LogP contribution in [0.5, 0.6) is 5.75 Å². The number of nitrogens with two attached hydrogens (primary N) is 1. The molecule has 1 amide bonds. The Hall–Kier alpha value is -2.52. The molecule has 1 aromatic heterocycles. The minimum Gasteiger partial charge on any atom is -0.508 e. The lowest BCUT2D eigenvalue weighted by Gasteiger charge is -2.04.